The summed E-state index contributed by atoms with van der Waals surface area (Å²) in [5, 5.41) is 2.83. The first-order valence-corrected chi connectivity index (χ1v) is 7.17. The topological polar surface area (TPSA) is 67.6 Å². The summed E-state index contributed by atoms with van der Waals surface area (Å²) in [6.07, 6.45) is 0.240. The Hall–Kier alpha value is -1.75. The fourth-order valence-corrected chi connectivity index (χ4v) is 2.05. The van der Waals surface area contributed by atoms with E-state index in [9.17, 15) is 4.79 Å². The van der Waals surface area contributed by atoms with Crippen molar-refractivity contribution in [2.24, 2.45) is 5.73 Å². The molecule has 1 aromatic carbocycles. The second-order valence-electron chi connectivity index (χ2n) is 6.31. The number of nitrogens with one attached hydrogen (secondary N) is 1. The highest BCUT2D eigenvalue weighted by atomic mass is 16.6. The number of carbonyl (C=O) groups excluding carboxylic acids is 1. The standard InChI is InChI=1S/C16H27N3O2/c1-16(2,3)21-15(20)18-13(11-17)10-12-8-6-7-9-14(12)19(4)5/h6-9,13H,10-11,17H2,1-5H3,(H,18,20). The van der Waals surface area contributed by atoms with Crippen molar-refractivity contribution in [2.75, 3.05) is 25.5 Å². The van der Waals surface area contributed by atoms with E-state index in [4.69, 9.17) is 10.5 Å². The van der Waals surface area contributed by atoms with Gasteiger partial charge in [-0.15, -0.1) is 0 Å². The molecule has 21 heavy (non-hydrogen) atoms. The molecule has 1 amide bonds. The van der Waals surface area contributed by atoms with Gasteiger partial charge in [-0.25, -0.2) is 4.79 Å². The third-order valence-electron chi connectivity index (χ3n) is 2.95. The highest BCUT2D eigenvalue weighted by Gasteiger charge is 2.19. The number of carbonyl (C=O) groups is 1. The first-order valence-electron chi connectivity index (χ1n) is 7.17. The maximum absolute atomic E-state index is 11.8. The lowest BCUT2D eigenvalue weighted by atomic mass is 10.0. The van der Waals surface area contributed by atoms with Crippen molar-refractivity contribution in [3.05, 3.63) is 29.8 Å². The number of ether oxygens (including phenoxy) is 1. The molecule has 0 spiro atoms. The third-order valence-corrected chi connectivity index (χ3v) is 2.95. The van der Waals surface area contributed by atoms with Gasteiger partial charge in [-0.1, -0.05) is 18.2 Å². The van der Waals surface area contributed by atoms with Crippen molar-refractivity contribution in [2.45, 2.75) is 38.8 Å². The van der Waals surface area contributed by atoms with Gasteiger partial charge in [0, 0.05) is 32.4 Å². The molecule has 118 valence electrons. The van der Waals surface area contributed by atoms with Crippen LogP contribution >= 0.6 is 0 Å². The van der Waals surface area contributed by atoms with Gasteiger partial charge in [-0.05, 0) is 38.8 Å². The molecule has 5 nitrogen and oxygen atoms in total. The maximum Gasteiger partial charge on any atom is 0.407 e. The van der Waals surface area contributed by atoms with Gasteiger partial charge in [-0.3, -0.25) is 0 Å². The van der Waals surface area contributed by atoms with E-state index in [-0.39, 0.29) is 6.04 Å². The van der Waals surface area contributed by atoms with Crippen LogP contribution in [0.2, 0.25) is 0 Å². The zero-order chi connectivity index (χ0) is 16.0. The number of nitrogens with zero attached hydrogens (tertiary/aromatic N) is 1. The lowest BCUT2D eigenvalue weighted by Crippen LogP contribution is -2.44. The lowest BCUT2D eigenvalue weighted by Gasteiger charge is -2.24. The summed E-state index contributed by atoms with van der Waals surface area (Å²) in [5.74, 6) is 0. The van der Waals surface area contributed by atoms with Gasteiger partial charge < -0.3 is 20.7 Å². The normalized spacial score (nSPS) is 12.7. The van der Waals surface area contributed by atoms with Crippen LogP contribution in [0.1, 0.15) is 26.3 Å². The maximum atomic E-state index is 11.8. The number of benzene rings is 1. The largest absolute Gasteiger partial charge is 0.444 e. The van der Waals surface area contributed by atoms with E-state index in [1.165, 1.54) is 0 Å². The molecule has 0 heterocycles. The SMILES string of the molecule is CN(C)c1ccccc1CC(CN)NC(=O)OC(C)(C)C. The number of amides is 1. The summed E-state index contributed by atoms with van der Waals surface area (Å²) in [4.78, 5) is 13.9. The summed E-state index contributed by atoms with van der Waals surface area (Å²) in [5.41, 5.74) is 7.54. The number of hydrogen-bond donors (Lipinski definition) is 2. The van der Waals surface area contributed by atoms with Crippen LogP contribution in [0.5, 0.6) is 0 Å². The monoisotopic (exact) mass is 293 g/mol. The lowest BCUT2D eigenvalue weighted by molar-refractivity contribution is 0.0506. The molecule has 0 aliphatic carbocycles. The molecule has 1 rings (SSSR count). The van der Waals surface area contributed by atoms with E-state index >= 15 is 0 Å². The Balaban J connectivity index is 2.73. The Morgan fingerprint density at radius 1 is 1.33 bits per heavy atom. The molecule has 0 saturated carbocycles. The molecule has 1 atom stereocenters. The first-order chi connectivity index (χ1) is 9.73. The number of alkyl carbamates (subject to hydrolysis) is 1. The van der Waals surface area contributed by atoms with E-state index in [1.54, 1.807) is 0 Å². The van der Waals surface area contributed by atoms with Crippen molar-refractivity contribution >= 4 is 11.8 Å². The number of para-hydroxylation sites is 1. The van der Waals surface area contributed by atoms with Crippen LogP contribution in [-0.2, 0) is 11.2 Å². The highest BCUT2D eigenvalue weighted by molar-refractivity contribution is 5.68. The van der Waals surface area contributed by atoms with E-state index < -0.39 is 11.7 Å². The molecule has 0 aliphatic rings. The van der Waals surface area contributed by atoms with Gasteiger partial charge in [0.05, 0.1) is 0 Å². The van der Waals surface area contributed by atoms with Crippen LogP contribution in [0.25, 0.3) is 0 Å². The van der Waals surface area contributed by atoms with Crippen molar-refractivity contribution in [3.8, 4) is 0 Å². The van der Waals surface area contributed by atoms with Gasteiger partial charge in [0.25, 0.3) is 0 Å². The van der Waals surface area contributed by atoms with Crippen LogP contribution < -0.4 is 16.0 Å². The summed E-state index contributed by atoms with van der Waals surface area (Å²) < 4.78 is 5.27. The molecule has 0 fully saturated rings. The van der Waals surface area contributed by atoms with Crippen molar-refractivity contribution in [3.63, 3.8) is 0 Å². The molecule has 0 aliphatic heterocycles. The molecule has 0 saturated heterocycles. The highest BCUT2D eigenvalue weighted by Crippen LogP contribution is 2.19. The Labute approximate surface area is 127 Å². The Morgan fingerprint density at radius 3 is 2.48 bits per heavy atom. The molecule has 0 bridgehead atoms. The van der Waals surface area contributed by atoms with E-state index in [0.717, 1.165) is 11.3 Å². The summed E-state index contributed by atoms with van der Waals surface area (Å²) in [6, 6.07) is 7.94. The zero-order valence-corrected chi connectivity index (χ0v) is 13.6. The minimum Gasteiger partial charge on any atom is -0.444 e. The number of anilines is 1. The summed E-state index contributed by atoms with van der Waals surface area (Å²) in [7, 11) is 4.00. The van der Waals surface area contributed by atoms with Crippen molar-refractivity contribution < 1.29 is 9.53 Å². The predicted octanol–water partition coefficient (Wildman–Crippen LogP) is 2.15. The Morgan fingerprint density at radius 2 is 1.95 bits per heavy atom. The average Bonchev–Trinajstić information content (AvgIpc) is 2.36. The molecular formula is C16H27N3O2. The second kappa shape index (κ2) is 7.31. The summed E-state index contributed by atoms with van der Waals surface area (Å²) >= 11 is 0. The minimum atomic E-state index is -0.509. The zero-order valence-electron chi connectivity index (χ0n) is 13.6. The Kier molecular flexibility index (Phi) is 6.03. The smallest absolute Gasteiger partial charge is 0.407 e. The van der Waals surface area contributed by atoms with E-state index in [2.05, 4.69) is 22.3 Å². The molecule has 0 aromatic heterocycles. The van der Waals surface area contributed by atoms with Gasteiger partial charge in [0.15, 0.2) is 0 Å². The Bertz CT molecular complexity index is 467. The van der Waals surface area contributed by atoms with Gasteiger partial charge in [0.2, 0.25) is 0 Å². The van der Waals surface area contributed by atoms with Gasteiger partial charge in [0.1, 0.15) is 5.60 Å². The van der Waals surface area contributed by atoms with Crippen LogP contribution in [0.15, 0.2) is 24.3 Å². The quantitative estimate of drug-likeness (QED) is 0.873. The van der Waals surface area contributed by atoms with Crippen molar-refractivity contribution in [1.82, 2.24) is 5.32 Å². The average molecular weight is 293 g/mol. The fraction of sp³-hybridized carbons (Fsp3) is 0.562. The molecule has 1 unspecified atom stereocenters. The van der Waals surface area contributed by atoms with Crippen LogP contribution in [0.4, 0.5) is 10.5 Å². The van der Waals surface area contributed by atoms with Gasteiger partial charge >= 0.3 is 6.09 Å². The van der Waals surface area contributed by atoms with Crippen LogP contribution in [0, 0.1) is 0 Å². The number of hydrogen-bond acceptors (Lipinski definition) is 4. The molecule has 3 N–H and O–H groups in total. The molecule has 0 radical (unpaired) electrons. The third kappa shape index (κ3) is 6.04. The number of rotatable bonds is 5. The van der Waals surface area contributed by atoms with Gasteiger partial charge in [-0.2, -0.15) is 0 Å². The van der Waals surface area contributed by atoms with Crippen LogP contribution in [-0.4, -0.2) is 38.4 Å². The predicted molar refractivity (Wildman–Crippen MR) is 86.7 cm³/mol. The molecule has 5 heteroatoms. The molecule has 1 aromatic rings. The number of nitrogens with two attached hydrogens (primary N) is 1. The first kappa shape index (κ1) is 17.3. The van der Waals surface area contributed by atoms with E-state index in [0.29, 0.717) is 13.0 Å². The minimum absolute atomic E-state index is 0.152. The molecular weight excluding hydrogens is 266 g/mol. The van der Waals surface area contributed by atoms with Crippen molar-refractivity contribution in [1.29, 1.82) is 0 Å². The summed E-state index contributed by atoms with van der Waals surface area (Å²) in [6.45, 7) is 5.88. The fourth-order valence-electron chi connectivity index (χ4n) is 2.05. The second-order valence-corrected chi connectivity index (χ2v) is 6.31. The van der Waals surface area contributed by atoms with E-state index in [1.807, 2.05) is 47.0 Å². The van der Waals surface area contributed by atoms with Crippen LogP contribution in [0.3, 0.4) is 0 Å².